The third-order valence-electron chi connectivity index (χ3n) is 4.46. The van der Waals surface area contributed by atoms with Gasteiger partial charge in [-0.05, 0) is 43.3 Å². The standard InChI is InChI=1S/C21H18N4O3S/c1-14-6-8-16(9-7-14)29(27,28)25-13-11-18-17(10-12-22-21(18)25)19-4-3-5-20(24-19)23-15(2)26/h3-13H,1-2H3,(H,23,24,26). The van der Waals surface area contributed by atoms with Crippen LogP contribution in [-0.4, -0.2) is 28.3 Å². The summed E-state index contributed by atoms with van der Waals surface area (Å²) in [7, 11) is -3.79. The molecule has 0 atom stereocenters. The predicted octanol–water partition coefficient (Wildman–Crippen LogP) is 3.60. The highest BCUT2D eigenvalue weighted by Gasteiger charge is 2.21. The summed E-state index contributed by atoms with van der Waals surface area (Å²) in [6, 6.07) is 15.4. The molecule has 3 heterocycles. The van der Waals surface area contributed by atoms with E-state index in [0.717, 1.165) is 11.1 Å². The number of benzene rings is 1. The van der Waals surface area contributed by atoms with Crippen molar-refractivity contribution >= 4 is 32.8 Å². The lowest BCUT2D eigenvalue weighted by Crippen LogP contribution is -2.12. The number of aromatic nitrogens is 3. The Bertz CT molecular complexity index is 1330. The van der Waals surface area contributed by atoms with Crippen molar-refractivity contribution in [3.8, 4) is 11.3 Å². The summed E-state index contributed by atoms with van der Waals surface area (Å²) in [6.07, 6.45) is 3.04. The third kappa shape index (κ3) is 3.50. The van der Waals surface area contributed by atoms with Gasteiger partial charge in [0.2, 0.25) is 5.91 Å². The Morgan fingerprint density at radius 2 is 1.79 bits per heavy atom. The van der Waals surface area contributed by atoms with Crippen molar-refractivity contribution in [1.29, 1.82) is 0 Å². The molecule has 4 aromatic rings. The Morgan fingerprint density at radius 3 is 2.52 bits per heavy atom. The van der Waals surface area contributed by atoms with Crippen molar-refractivity contribution in [1.82, 2.24) is 13.9 Å². The highest BCUT2D eigenvalue weighted by Crippen LogP contribution is 2.29. The average Bonchev–Trinajstić information content (AvgIpc) is 3.13. The lowest BCUT2D eigenvalue weighted by molar-refractivity contribution is -0.114. The first-order chi connectivity index (χ1) is 13.9. The Kier molecular flexibility index (Phi) is 4.63. The van der Waals surface area contributed by atoms with Gasteiger partial charge in [0.1, 0.15) is 5.82 Å². The molecule has 0 aliphatic rings. The molecule has 1 amide bonds. The van der Waals surface area contributed by atoms with Crippen molar-refractivity contribution in [2.45, 2.75) is 18.7 Å². The lowest BCUT2D eigenvalue weighted by Gasteiger charge is -2.09. The predicted molar refractivity (Wildman–Crippen MR) is 111 cm³/mol. The largest absolute Gasteiger partial charge is 0.311 e. The fourth-order valence-electron chi connectivity index (χ4n) is 3.09. The number of hydrogen-bond acceptors (Lipinski definition) is 5. The summed E-state index contributed by atoms with van der Waals surface area (Å²) < 4.78 is 27.4. The molecule has 1 N–H and O–H groups in total. The number of pyridine rings is 2. The van der Waals surface area contributed by atoms with E-state index in [1.165, 1.54) is 17.1 Å². The number of rotatable bonds is 4. The number of hydrogen-bond donors (Lipinski definition) is 1. The molecule has 29 heavy (non-hydrogen) atoms. The van der Waals surface area contributed by atoms with E-state index in [1.807, 2.05) is 6.92 Å². The number of nitrogens with one attached hydrogen (secondary N) is 1. The number of carbonyl (C=O) groups is 1. The highest BCUT2D eigenvalue weighted by atomic mass is 32.2. The Morgan fingerprint density at radius 1 is 1.03 bits per heavy atom. The number of fused-ring (bicyclic) bond motifs is 1. The number of nitrogens with zero attached hydrogens (tertiary/aromatic N) is 3. The molecule has 0 saturated heterocycles. The van der Waals surface area contributed by atoms with Crippen molar-refractivity contribution in [2.24, 2.45) is 0 Å². The monoisotopic (exact) mass is 406 g/mol. The van der Waals surface area contributed by atoms with Gasteiger partial charge in [-0.2, -0.15) is 0 Å². The number of aryl methyl sites for hydroxylation is 1. The summed E-state index contributed by atoms with van der Waals surface area (Å²) in [5.41, 5.74) is 2.62. The summed E-state index contributed by atoms with van der Waals surface area (Å²) in [5.74, 6) is 0.205. The molecule has 1 aromatic carbocycles. The molecule has 0 unspecified atom stereocenters. The van der Waals surface area contributed by atoms with Gasteiger partial charge in [0.25, 0.3) is 10.0 Å². The topological polar surface area (TPSA) is 94.0 Å². The Hall–Kier alpha value is -3.52. The molecule has 0 aliphatic carbocycles. The second kappa shape index (κ2) is 7.14. The fourth-order valence-corrected chi connectivity index (χ4v) is 4.39. The maximum Gasteiger partial charge on any atom is 0.269 e. The van der Waals surface area contributed by atoms with Crippen LogP contribution in [0.25, 0.3) is 22.3 Å². The number of anilines is 1. The summed E-state index contributed by atoms with van der Waals surface area (Å²) in [4.78, 5) is 20.3. The van der Waals surface area contributed by atoms with E-state index in [0.29, 0.717) is 22.5 Å². The van der Waals surface area contributed by atoms with Gasteiger partial charge in [-0.1, -0.05) is 23.8 Å². The second-order valence-corrected chi connectivity index (χ2v) is 8.43. The summed E-state index contributed by atoms with van der Waals surface area (Å²) >= 11 is 0. The van der Waals surface area contributed by atoms with Gasteiger partial charge < -0.3 is 5.32 Å². The Balaban J connectivity index is 1.84. The van der Waals surface area contributed by atoms with Crippen LogP contribution in [0.2, 0.25) is 0 Å². The number of carbonyl (C=O) groups excluding carboxylic acids is 1. The fraction of sp³-hybridized carbons (Fsp3) is 0.0952. The van der Waals surface area contributed by atoms with E-state index in [1.54, 1.807) is 60.8 Å². The molecule has 4 rings (SSSR count). The molecule has 8 heteroatoms. The molecule has 3 aromatic heterocycles. The molecule has 0 aliphatic heterocycles. The Labute approximate surface area is 168 Å². The average molecular weight is 406 g/mol. The van der Waals surface area contributed by atoms with Crippen LogP contribution in [0.5, 0.6) is 0 Å². The zero-order chi connectivity index (χ0) is 20.6. The molecule has 0 bridgehead atoms. The minimum absolute atomic E-state index is 0.193. The van der Waals surface area contributed by atoms with Crippen LogP contribution in [0.3, 0.4) is 0 Å². The lowest BCUT2D eigenvalue weighted by atomic mass is 10.1. The minimum atomic E-state index is -3.79. The SMILES string of the molecule is CC(=O)Nc1cccc(-c2ccnc3c2ccn3S(=O)(=O)c2ccc(C)cc2)n1. The smallest absolute Gasteiger partial charge is 0.269 e. The van der Waals surface area contributed by atoms with Crippen molar-refractivity contribution in [2.75, 3.05) is 5.32 Å². The maximum absolute atomic E-state index is 13.1. The van der Waals surface area contributed by atoms with Gasteiger partial charge >= 0.3 is 0 Å². The van der Waals surface area contributed by atoms with E-state index in [4.69, 9.17) is 0 Å². The van der Waals surface area contributed by atoms with Gasteiger partial charge in [-0.25, -0.2) is 22.4 Å². The number of amides is 1. The van der Waals surface area contributed by atoms with E-state index < -0.39 is 10.0 Å². The van der Waals surface area contributed by atoms with E-state index in [2.05, 4.69) is 15.3 Å². The van der Waals surface area contributed by atoms with Gasteiger partial charge in [0.15, 0.2) is 5.65 Å². The molecular weight excluding hydrogens is 388 g/mol. The zero-order valence-corrected chi connectivity index (χ0v) is 16.6. The van der Waals surface area contributed by atoms with Crippen LogP contribution in [0.15, 0.2) is 71.9 Å². The van der Waals surface area contributed by atoms with Crippen LogP contribution >= 0.6 is 0 Å². The first-order valence-corrected chi connectivity index (χ1v) is 10.3. The molecule has 0 fully saturated rings. The van der Waals surface area contributed by atoms with E-state index in [-0.39, 0.29) is 10.8 Å². The first kappa shape index (κ1) is 18.8. The molecule has 0 radical (unpaired) electrons. The minimum Gasteiger partial charge on any atom is -0.311 e. The first-order valence-electron chi connectivity index (χ1n) is 8.89. The van der Waals surface area contributed by atoms with Crippen LogP contribution in [-0.2, 0) is 14.8 Å². The molecule has 0 spiro atoms. The molecular formula is C21H18N4O3S. The normalized spacial score (nSPS) is 11.5. The second-order valence-electron chi connectivity index (χ2n) is 6.61. The summed E-state index contributed by atoms with van der Waals surface area (Å²) in [5, 5.41) is 3.30. The van der Waals surface area contributed by atoms with Gasteiger partial charge in [-0.15, -0.1) is 0 Å². The maximum atomic E-state index is 13.1. The van der Waals surface area contributed by atoms with Crippen molar-refractivity contribution < 1.29 is 13.2 Å². The van der Waals surface area contributed by atoms with Gasteiger partial charge in [0, 0.05) is 30.3 Å². The van der Waals surface area contributed by atoms with Crippen molar-refractivity contribution in [3.05, 3.63) is 72.6 Å². The molecule has 146 valence electrons. The molecule has 7 nitrogen and oxygen atoms in total. The van der Waals surface area contributed by atoms with Crippen LogP contribution < -0.4 is 5.32 Å². The quantitative estimate of drug-likeness (QED) is 0.559. The van der Waals surface area contributed by atoms with E-state index >= 15 is 0 Å². The molecule has 0 saturated carbocycles. The van der Waals surface area contributed by atoms with Crippen LogP contribution in [0, 0.1) is 6.92 Å². The van der Waals surface area contributed by atoms with E-state index in [9.17, 15) is 13.2 Å². The van der Waals surface area contributed by atoms with Crippen LogP contribution in [0.4, 0.5) is 5.82 Å². The summed E-state index contributed by atoms with van der Waals surface area (Å²) in [6.45, 7) is 3.31. The van der Waals surface area contributed by atoms with Crippen molar-refractivity contribution in [3.63, 3.8) is 0 Å². The zero-order valence-electron chi connectivity index (χ0n) is 15.8. The third-order valence-corrected chi connectivity index (χ3v) is 6.14. The van der Waals surface area contributed by atoms with Gasteiger partial charge in [0.05, 0.1) is 10.6 Å². The van der Waals surface area contributed by atoms with Gasteiger partial charge in [-0.3, -0.25) is 4.79 Å². The van der Waals surface area contributed by atoms with Crippen LogP contribution in [0.1, 0.15) is 12.5 Å². The highest BCUT2D eigenvalue weighted by molar-refractivity contribution is 7.90.